The molecule has 0 bridgehead atoms. The minimum absolute atomic E-state index is 0.0547. The number of aromatic nitrogens is 6. The van der Waals surface area contributed by atoms with Crippen LogP contribution < -0.4 is 31.6 Å². The summed E-state index contributed by atoms with van der Waals surface area (Å²) in [6.45, 7) is 33.0. The van der Waals surface area contributed by atoms with Crippen LogP contribution in [0.5, 0.6) is 11.5 Å². The number of carbonyl (C=O) groups is 4. The van der Waals surface area contributed by atoms with E-state index in [4.69, 9.17) is 65.5 Å². The largest absolute Gasteiger partial charge is 0.457 e. The highest BCUT2D eigenvalue weighted by atomic mass is 31.2. The lowest BCUT2D eigenvalue weighted by Crippen LogP contribution is -2.51. The first kappa shape index (κ1) is 96.4. The van der Waals surface area contributed by atoms with Crippen LogP contribution in [0, 0.1) is 274 Å². The number of nitrogens with one attached hydrogen (secondary N) is 2. The molecule has 25 nitrogen and oxygen atoms in total. The number of benzene rings is 1. The van der Waals surface area contributed by atoms with E-state index in [9.17, 15) is 24.0 Å². The molecule has 4 aromatic rings. The standard InChI is InChI=1S/C95H73N8O17PSi2/c1-18-21-23-25-27-29-31-33-35-37-39-41-43-45-47-49-51-53-55-57-64-111-75-67-74(68-76(69-75)112-65-58-56-54-52-50-48-46-44-42-40-38-36-34-32-30-28-26-24-22-19-2)89(109)103-79(105)61-63-101(93(103)110)90-84(119-122(14,15)94(7,8)9)82(117-80(106)60-59-73(6)104)78(116-90)70-114-121(113-66-62-96-13)118-83-77(20-3)115-91(85(83)120-123(16,17)95(10,11)12)102-71-97-81-86(102)98-92(100-88(81)108)99-87(107)72(4)5/h1-2,61,63,67-69,71-72,77-78,82-85,90-91H,20,59-60,62,66,70H2,3-12,14-17H3,(H2,98,99,100,107,108)/t77-,78-,82?,83?,84+,85+,90-,91-,121?/m1/s1. The number of carbonyl (C=O) groups excluding carboxylic acids is 4. The maximum atomic E-state index is 15.4. The molecule has 123 heavy (non-hydrogen) atoms. The van der Waals surface area contributed by atoms with Crippen LogP contribution in [0.1, 0.15) is 111 Å². The Morgan fingerprint density at radius 1 is 0.602 bits per heavy atom. The molecule has 6 rings (SSSR count). The predicted octanol–water partition coefficient (Wildman–Crippen LogP) is 7.26. The van der Waals surface area contributed by atoms with E-state index in [0.717, 1.165) is 29.0 Å². The smallest absolute Gasteiger partial charge is 0.340 e. The molecule has 2 saturated heterocycles. The molecule has 0 saturated carbocycles. The van der Waals surface area contributed by atoms with Crippen molar-refractivity contribution in [2.24, 2.45) is 5.92 Å². The number of terminal acetylenes is 2. The second-order valence-electron chi connectivity index (χ2n) is 28.2. The van der Waals surface area contributed by atoms with Gasteiger partial charge in [0, 0.05) is 178 Å². The Balaban J connectivity index is 1.40. The minimum atomic E-state index is -3.11. The highest BCUT2D eigenvalue weighted by Gasteiger charge is 2.56. The molecule has 28 heteroatoms. The van der Waals surface area contributed by atoms with Gasteiger partial charge in [-0.25, -0.2) is 16.4 Å². The van der Waals surface area contributed by atoms with Gasteiger partial charge in [0.15, 0.2) is 46.4 Å². The molecule has 5 heterocycles. The van der Waals surface area contributed by atoms with Crippen LogP contribution in [0.2, 0.25) is 36.3 Å². The Morgan fingerprint density at radius 2 is 1.03 bits per heavy atom. The average molecular weight is 1690 g/mol. The molecular formula is C95H73N8O17PSi2. The summed E-state index contributed by atoms with van der Waals surface area (Å²) in [5.74, 6) is 94.1. The van der Waals surface area contributed by atoms with Crippen LogP contribution in [0.15, 0.2) is 51.2 Å². The van der Waals surface area contributed by atoms with Crippen LogP contribution in [-0.4, -0.2) is 125 Å². The zero-order chi connectivity index (χ0) is 89.8. The fraction of sp³-hybridized carbons (Fsp3) is 0.326. The summed E-state index contributed by atoms with van der Waals surface area (Å²) in [5.41, 5.74) is -3.43. The lowest BCUT2D eigenvalue weighted by atomic mass is 10.1. The number of aromatic amines is 1. The van der Waals surface area contributed by atoms with Gasteiger partial charge in [-0.05, 0) is 156 Å². The van der Waals surface area contributed by atoms with Crippen LogP contribution in [0.4, 0.5) is 5.95 Å². The molecule has 3 aromatic heterocycles. The molecule has 0 spiro atoms. The second kappa shape index (κ2) is 49.0. The van der Waals surface area contributed by atoms with Crippen molar-refractivity contribution in [2.45, 2.75) is 174 Å². The van der Waals surface area contributed by atoms with E-state index in [1.54, 1.807) is 13.8 Å². The maximum absolute atomic E-state index is 15.4. The number of ketones is 1. The van der Waals surface area contributed by atoms with Crippen LogP contribution in [-0.2, 0) is 51.0 Å². The first-order valence-electron chi connectivity index (χ1n) is 36.8. The third-order valence-corrected chi connectivity index (χ3v) is 27.4. The van der Waals surface area contributed by atoms with Gasteiger partial charge < -0.3 is 55.7 Å². The number of anilines is 1. The van der Waals surface area contributed by atoms with Crippen molar-refractivity contribution in [2.75, 3.05) is 25.1 Å². The number of nitrogens with zero attached hydrogens (tertiary/aromatic N) is 6. The zero-order valence-corrected chi connectivity index (χ0v) is 72.0. The molecule has 0 aliphatic carbocycles. The van der Waals surface area contributed by atoms with Crippen LogP contribution in [0.3, 0.4) is 0 Å². The highest BCUT2D eigenvalue weighted by Crippen LogP contribution is 2.51. The molecule has 1 aromatic carbocycles. The molecule has 608 valence electrons. The van der Waals surface area contributed by atoms with E-state index in [1.807, 2.05) is 74.7 Å². The summed E-state index contributed by atoms with van der Waals surface area (Å²) >= 11 is 0. The van der Waals surface area contributed by atoms with Gasteiger partial charge in [0.25, 0.3) is 17.0 Å². The van der Waals surface area contributed by atoms with E-state index in [-0.39, 0.29) is 66.0 Å². The summed E-state index contributed by atoms with van der Waals surface area (Å²) in [6.07, 6.45) is 7.00. The number of esters is 1. The molecule has 2 N–H and O–H groups in total. The third kappa shape index (κ3) is 31.1. The quantitative estimate of drug-likeness (QED) is 0.0174. The van der Waals surface area contributed by atoms with Crippen molar-refractivity contribution in [3.05, 3.63) is 85.0 Å². The Bertz CT molecular complexity index is 6370. The second-order valence-corrected chi connectivity index (χ2v) is 38.9. The van der Waals surface area contributed by atoms with Gasteiger partial charge in [-0.2, -0.15) is 9.55 Å². The van der Waals surface area contributed by atoms with Crippen molar-refractivity contribution in [3.8, 4) is 273 Å². The number of fused-ring (bicyclic) bond motifs is 1. The molecule has 3 unspecified atom stereocenters. The summed E-state index contributed by atoms with van der Waals surface area (Å²) in [4.78, 5) is 113. The topological polar surface area (TPSA) is 285 Å². The Morgan fingerprint density at radius 3 is 1.46 bits per heavy atom. The van der Waals surface area contributed by atoms with E-state index in [1.165, 1.54) is 23.9 Å². The Hall–Kier alpha value is -15.5. The lowest BCUT2D eigenvalue weighted by molar-refractivity contribution is -0.156. The summed E-state index contributed by atoms with van der Waals surface area (Å²) < 4.78 is 68.4. The van der Waals surface area contributed by atoms with Gasteiger partial charge in [-0.15, -0.1) is 12.8 Å². The predicted molar refractivity (Wildman–Crippen MR) is 464 cm³/mol. The Labute approximate surface area is 719 Å². The van der Waals surface area contributed by atoms with Gasteiger partial charge in [0.1, 0.15) is 60.5 Å². The van der Waals surface area contributed by atoms with Crippen molar-refractivity contribution < 1.29 is 65.3 Å². The average Bonchev–Trinajstić information content (AvgIpc) is 1.67. The molecule has 9 atom stereocenters. The maximum Gasteiger partial charge on any atom is 0.340 e. The van der Waals surface area contributed by atoms with E-state index in [0.29, 0.717) is 11.0 Å². The fourth-order valence-electron chi connectivity index (χ4n) is 9.46. The SMILES string of the molecule is [C-]#[N+]CCOP(OC[C@H]1O[C@@H](n2ccc(=O)n(C(=O)c3cc(OC#CC#CC#CC#CC#CC#CC#CC#CC#CC#CC#C)cc(OC#CC#CC#CC#CC#CC#CC#CC#CC#CC#CC#C)c3)c2=O)[C@@H](O[Si](C)(C)C(C)(C)C)C1OC(=O)CCC(C)=O)OC1[C@@H](CC)O[C@@H](n2cnc3c(=O)[nH]c(NC(=O)C(C)C)nc32)[C@H]1O[Si](C)(C)C(C)(C)C. The highest BCUT2D eigenvalue weighted by molar-refractivity contribution is 7.41. The van der Waals surface area contributed by atoms with Gasteiger partial charge in [0.2, 0.25) is 18.4 Å². The molecular weight excluding hydrogens is 1610 g/mol. The number of ether oxygens (including phenoxy) is 5. The Kier molecular flexibility index (Phi) is 38.4. The number of Topliss-reactive ketones (excluding diaryl/α,β-unsaturated/α-hetero) is 1. The van der Waals surface area contributed by atoms with E-state index in [2.05, 4.69) is 274 Å². The number of H-pyrrole nitrogens is 1. The van der Waals surface area contributed by atoms with Gasteiger partial charge >= 0.3 is 20.3 Å². The lowest BCUT2D eigenvalue weighted by Gasteiger charge is -2.41. The summed E-state index contributed by atoms with van der Waals surface area (Å²) in [5, 5.41) is 1.66. The normalized spacial score (nSPS) is 15.8. The van der Waals surface area contributed by atoms with Crippen molar-refractivity contribution >= 4 is 65.9 Å². The number of amides is 1. The molecule has 2 fully saturated rings. The summed E-state index contributed by atoms with van der Waals surface area (Å²) in [7, 11) is -8.59. The first-order chi connectivity index (χ1) is 58.9. The summed E-state index contributed by atoms with van der Waals surface area (Å²) in [6, 6.07) is 4.50. The van der Waals surface area contributed by atoms with Crippen LogP contribution >= 0.6 is 8.60 Å². The number of imidazole rings is 1. The zero-order valence-electron chi connectivity index (χ0n) is 69.1. The first-order valence-corrected chi connectivity index (χ1v) is 43.8. The molecule has 0 radical (unpaired) electrons. The van der Waals surface area contributed by atoms with Crippen molar-refractivity contribution in [1.82, 2.24) is 28.7 Å². The third-order valence-electron chi connectivity index (χ3n) is 17.3. The monoisotopic (exact) mass is 1680 g/mol. The fourth-order valence-corrected chi connectivity index (χ4v) is 13.2. The van der Waals surface area contributed by atoms with Gasteiger partial charge in [0.05, 0.1) is 25.5 Å². The van der Waals surface area contributed by atoms with E-state index >= 15 is 9.59 Å². The number of hydrogen-bond donors (Lipinski definition) is 2. The number of rotatable bonds is 24. The van der Waals surface area contributed by atoms with Gasteiger partial charge in [-0.3, -0.25) is 43.4 Å². The minimum Gasteiger partial charge on any atom is -0.457 e. The molecule has 1 amide bonds. The van der Waals surface area contributed by atoms with Gasteiger partial charge in [-0.1, -0.05) is 62.3 Å². The number of hydrogen-bond acceptors (Lipinski definition) is 19. The molecule has 2 aliphatic heterocycles. The van der Waals surface area contributed by atoms with Crippen LogP contribution in [0.25, 0.3) is 16.0 Å². The molecule has 2 aliphatic rings. The van der Waals surface area contributed by atoms with Crippen molar-refractivity contribution in [1.29, 1.82) is 0 Å². The van der Waals surface area contributed by atoms with Crippen molar-refractivity contribution in [3.63, 3.8) is 0 Å². The van der Waals surface area contributed by atoms with E-state index < -0.39 is 132 Å².